The van der Waals surface area contributed by atoms with Crippen LogP contribution in [0.1, 0.15) is 11.3 Å². The van der Waals surface area contributed by atoms with Gasteiger partial charge in [0, 0.05) is 22.2 Å². The molecule has 0 aliphatic rings. The largest absolute Gasteiger partial charge is 0.448 e. The van der Waals surface area contributed by atoms with Gasteiger partial charge in [-0.25, -0.2) is 0 Å². The average molecular weight is 225 g/mol. The molecule has 0 aliphatic heterocycles. The Bertz CT molecular complexity index is 596. The van der Waals surface area contributed by atoms with Crippen molar-refractivity contribution in [3.63, 3.8) is 0 Å². The van der Waals surface area contributed by atoms with Crippen LogP contribution < -0.4 is 0 Å². The highest BCUT2D eigenvalue weighted by atomic mass is 19.1. The fraction of sp³-hybridized carbons (Fsp3) is 0. The normalized spacial score (nSPS) is 10.9. The van der Waals surface area contributed by atoms with E-state index in [1.807, 2.05) is 30.3 Å². The fourth-order valence-electron chi connectivity index (χ4n) is 2.03. The molecule has 1 aromatic heterocycles. The van der Waals surface area contributed by atoms with Crippen LogP contribution in [0.2, 0.25) is 0 Å². The van der Waals surface area contributed by atoms with Crippen LogP contribution in [0.3, 0.4) is 0 Å². The van der Waals surface area contributed by atoms with Gasteiger partial charge in [-0.3, -0.25) is 0 Å². The maximum atomic E-state index is 13.2. The van der Waals surface area contributed by atoms with E-state index in [-0.39, 0.29) is 0 Å². The van der Waals surface area contributed by atoms with E-state index in [1.165, 1.54) is 0 Å². The molecule has 0 N–H and O–H groups in total. The van der Waals surface area contributed by atoms with Crippen molar-refractivity contribution in [2.75, 3.05) is 0 Å². The van der Waals surface area contributed by atoms with E-state index < -0.39 is 7.69 Å². The summed E-state index contributed by atoms with van der Waals surface area (Å²) >= 11 is 0. The maximum absolute atomic E-state index is 13.2. The monoisotopic (exact) mass is 225 g/mol. The molecule has 0 aliphatic carbocycles. The van der Waals surface area contributed by atoms with E-state index >= 15 is 0 Å². The molecule has 0 spiro atoms. The lowest BCUT2D eigenvalue weighted by atomic mass is 10.1. The molecule has 0 fully saturated rings. The third kappa shape index (κ3) is 1.84. The Labute approximate surface area is 101 Å². The number of allylic oxidation sites excluding steroid dienone is 2. The zero-order chi connectivity index (χ0) is 12.3. The van der Waals surface area contributed by atoms with Gasteiger partial charge in [0.15, 0.2) is 0 Å². The molecular formula is C14H13BFN. The van der Waals surface area contributed by atoms with Crippen LogP contribution in [0.25, 0.3) is 23.1 Å². The first-order valence-corrected chi connectivity index (χ1v) is 5.42. The van der Waals surface area contributed by atoms with Gasteiger partial charge in [0.25, 0.3) is 0 Å². The average Bonchev–Trinajstić information content (AvgIpc) is 2.68. The molecule has 0 radical (unpaired) electrons. The van der Waals surface area contributed by atoms with Crippen molar-refractivity contribution in [3.8, 4) is 0 Å². The first-order valence-electron chi connectivity index (χ1n) is 5.42. The second-order valence-corrected chi connectivity index (χ2v) is 3.66. The van der Waals surface area contributed by atoms with E-state index in [9.17, 15) is 4.32 Å². The molecule has 0 amide bonds. The van der Waals surface area contributed by atoms with Gasteiger partial charge in [0.05, 0.1) is 0 Å². The summed E-state index contributed by atoms with van der Waals surface area (Å²) in [7, 11) is -0.550. The lowest BCUT2D eigenvalue weighted by Gasteiger charge is -2.01. The number of nitrogens with zero attached hydrogens (tertiary/aromatic N) is 1. The van der Waals surface area contributed by atoms with Crippen LogP contribution in [0, 0.1) is 0 Å². The quantitative estimate of drug-likeness (QED) is 0.553. The number of hydrogen-bond donors (Lipinski definition) is 0. The fourth-order valence-corrected chi connectivity index (χ4v) is 2.03. The first-order chi connectivity index (χ1) is 8.33. The summed E-state index contributed by atoms with van der Waals surface area (Å²) in [6.07, 6.45) is 7.08. The minimum absolute atomic E-state index is 0.550. The van der Waals surface area contributed by atoms with Gasteiger partial charge in [-0.2, -0.15) is 0 Å². The first kappa shape index (κ1) is 11.5. The van der Waals surface area contributed by atoms with Crippen LogP contribution in [-0.4, -0.2) is 12.2 Å². The number of halogens is 1. The number of rotatable bonds is 4. The summed E-state index contributed by atoms with van der Waals surface area (Å²) in [6.45, 7) is 7.43. The van der Waals surface area contributed by atoms with E-state index in [0.29, 0.717) is 0 Å². The van der Waals surface area contributed by atoms with Crippen molar-refractivity contribution in [2.24, 2.45) is 0 Å². The Morgan fingerprint density at radius 2 is 2.00 bits per heavy atom. The summed E-state index contributed by atoms with van der Waals surface area (Å²) < 4.78 is 14.8. The Morgan fingerprint density at radius 1 is 1.24 bits per heavy atom. The standard InChI is InChI=1S/C14H13BFN/c1-3-5-9-13-11(4-2)12-8-6-7-10-14(12)17(13)15-16/h3-10,15H,1-2H2/b9-5-. The molecule has 0 bridgehead atoms. The summed E-state index contributed by atoms with van der Waals surface area (Å²) in [5.74, 6) is 0. The van der Waals surface area contributed by atoms with Crippen molar-refractivity contribution < 1.29 is 4.32 Å². The van der Waals surface area contributed by atoms with Gasteiger partial charge in [0.1, 0.15) is 0 Å². The minimum Gasteiger partial charge on any atom is -0.358 e. The third-order valence-electron chi connectivity index (χ3n) is 2.77. The lowest BCUT2D eigenvalue weighted by Crippen LogP contribution is -2.02. The Kier molecular flexibility index (Phi) is 3.28. The highest BCUT2D eigenvalue weighted by Gasteiger charge is 2.12. The predicted octanol–water partition coefficient (Wildman–Crippen LogP) is 3.57. The molecule has 1 heterocycles. The summed E-state index contributed by atoms with van der Waals surface area (Å²) in [4.78, 5) is 0. The molecule has 1 aromatic carbocycles. The molecule has 1 nitrogen and oxygen atoms in total. The number of aromatic nitrogens is 1. The van der Waals surface area contributed by atoms with E-state index in [1.54, 1.807) is 22.7 Å². The number of benzene rings is 1. The van der Waals surface area contributed by atoms with Crippen molar-refractivity contribution >= 4 is 30.7 Å². The van der Waals surface area contributed by atoms with Gasteiger partial charge in [0.2, 0.25) is 0 Å². The SMILES string of the molecule is C=C/C=C\c1c(C=C)c2ccccc2n1BF. The molecule has 0 unspecified atom stereocenters. The van der Waals surface area contributed by atoms with Gasteiger partial charge >= 0.3 is 7.69 Å². The molecule has 0 atom stereocenters. The predicted molar refractivity (Wildman–Crippen MR) is 74.9 cm³/mol. The maximum Gasteiger partial charge on any atom is 0.448 e. The van der Waals surface area contributed by atoms with Gasteiger partial charge in [-0.15, -0.1) is 0 Å². The smallest absolute Gasteiger partial charge is 0.358 e. The molecule has 0 saturated carbocycles. The van der Waals surface area contributed by atoms with Crippen molar-refractivity contribution in [3.05, 3.63) is 60.8 Å². The summed E-state index contributed by atoms with van der Waals surface area (Å²) in [5.41, 5.74) is 2.66. The second kappa shape index (κ2) is 4.87. The van der Waals surface area contributed by atoms with Crippen LogP contribution in [-0.2, 0) is 0 Å². The van der Waals surface area contributed by atoms with Crippen molar-refractivity contribution in [1.29, 1.82) is 0 Å². The molecule has 0 saturated heterocycles. The third-order valence-corrected chi connectivity index (χ3v) is 2.77. The van der Waals surface area contributed by atoms with Crippen LogP contribution in [0.15, 0.2) is 49.6 Å². The highest BCUT2D eigenvalue weighted by molar-refractivity contribution is 6.28. The van der Waals surface area contributed by atoms with Crippen LogP contribution >= 0.6 is 0 Å². The minimum atomic E-state index is -0.550. The van der Waals surface area contributed by atoms with E-state index in [4.69, 9.17) is 0 Å². The molecule has 3 heteroatoms. The second-order valence-electron chi connectivity index (χ2n) is 3.66. The Morgan fingerprint density at radius 3 is 2.65 bits per heavy atom. The molecule has 2 rings (SSSR count). The molecule has 17 heavy (non-hydrogen) atoms. The van der Waals surface area contributed by atoms with Crippen molar-refractivity contribution in [1.82, 2.24) is 4.48 Å². The van der Waals surface area contributed by atoms with E-state index in [2.05, 4.69) is 13.2 Å². The van der Waals surface area contributed by atoms with Crippen LogP contribution in [0.5, 0.6) is 0 Å². The number of hydrogen-bond acceptors (Lipinski definition) is 0. The summed E-state index contributed by atoms with van der Waals surface area (Å²) in [5, 5.41) is 1.02. The Hall–Kier alpha value is -2.03. The highest BCUT2D eigenvalue weighted by Crippen LogP contribution is 2.27. The van der Waals surface area contributed by atoms with Crippen molar-refractivity contribution in [2.45, 2.75) is 0 Å². The van der Waals surface area contributed by atoms with Gasteiger partial charge in [-0.05, 0) is 12.1 Å². The molecule has 84 valence electrons. The Balaban J connectivity index is 2.82. The lowest BCUT2D eigenvalue weighted by molar-refractivity contribution is 0.839. The zero-order valence-corrected chi connectivity index (χ0v) is 9.57. The summed E-state index contributed by atoms with van der Waals surface area (Å²) in [6, 6.07) is 7.73. The molecular weight excluding hydrogens is 212 g/mol. The van der Waals surface area contributed by atoms with E-state index in [0.717, 1.165) is 22.2 Å². The topological polar surface area (TPSA) is 4.93 Å². The number of para-hydroxylation sites is 1. The van der Waals surface area contributed by atoms with Gasteiger partial charge < -0.3 is 8.79 Å². The molecule has 2 aromatic rings. The van der Waals surface area contributed by atoms with Crippen LogP contribution in [0.4, 0.5) is 4.32 Å². The van der Waals surface area contributed by atoms with Gasteiger partial charge in [-0.1, -0.05) is 49.6 Å². The zero-order valence-electron chi connectivity index (χ0n) is 9.57. The number of fused-ring (bicyclic) bond motifs is 1.